The second kappa shape index (κ2) is 5.38. The Bertz CT molecular complexity index is 554. The van der Waals surface area contributed by atoms with Crippen molar-refractivity contribution in [3.8, 4) is 5.75 Å². The molecule has 1 aromatic rings. The molecule has 4 N–H and O–H groups in total. The molecule has 1 amide bonds. The van der Waals surface area contributed by atoms with Crippen molar-refractivity contribution in [1.29, 1.82) is 0 Å². The third-order valence-corrected chi connectivity index (χ3v) is 2.59. The van der Waals surface area contributed by atoms with Crippen molar-refractivity contribution < 1.29 is 19.8 Å². The molecule has 19 heavy (non-hydrogen) atoms. The second-order valence-corrected chi connectivity index (χ2v) is 4.00. The average molecular weight is 263 g/mol. The van der Waals surface area contributed by atoms with Crippen molar-refractivity contribution in [2.45, 2.75) is 6.42 Å². The summed E-state index contributed by atoms with van der Waals surface area (Å²) in [5.74, 6) is -1.71. The number of aromatic hydroxyl groups is 1. The van der Waals surface area contributed by atoms with Crippen LogP contribution >= 0.6 is 0 Å². The summed E-state index contributed by atoms with van der Waals surface area (Å²) in [7, 11) is 0. The number of carboxylic acid groups (broad SMARTS) is 1. The van der Waals surface area contributed by atoms with Crippen LogP contribution in [0.3, 0.4) is 0 Å². The molecule has 0 aliphatic carbocycles. The Hall–Kier alpha value is -2.57. The van der Waals surface area contributed by atoms with E-state index in [0.29, 0.717) is 13.1 Å². The van der Waals surface area contributed by atoms with Crippen LogP contribution < -0.4 is 10.6 Å². The zero-order valence-corrected chi connectivity index (χ0v) is 10.0. The standard InChI is InChI=1S/C12H13N3O4/c16-7-2-3-9(8(6-7)12(18)19)15-11(17)10-13-4-1-5-14-10/h2-3,6,16H,1,4-5H2,(H,13,14)(H,15,17)(H,18,19). The number of phenols is 1. The molecule has 1 aliphatic heterocycles. The number of nitrogens with one attached hydrogen (secondary N) is 2. The van der Waals surface area contributed by atoms with Crippen molar-refractivity contribution in [2.24, 2.45) is 4.99 Å². The largest absolute Gasteiger partial charge is 0.508 e. The van der Waals surface area contributed by atoms with Gasteiger partial charge in [0.25, 0.3) is 5.91 Å². The molecular weight excluding hydrogens is 250 g/mol. The van der Waals surface area contributed by atoms with E-state index in [2.05, 4.69) is 15.6 Å². The Morgan fingerprint density at radius 2 is 2.16 bits per heavy atom. The number of hydrogen-bond acceptors (Lipinski definition) is 5. The number of rotatable bonds is 3. The van der Waals surface area contributed by atoms with Gasteiger partial charge in [-0.25, -0.2) is 4.79 Å². The number of benzene rings is 1. The summed E-state index contributed by atoms with van der Waals surface area (Å²) in [5, 5.41) is 23.6. The van der Waals surface area contributed by atoms with Gasteiger partial charge in [-0.1, -0.05) is 0 Å². The molecule has 1 aromatic carbocycles. The van der Waals surface area contributed by atoms with Crippen LogP contribution in [0.5, 0.6) is 5.75 Å². The maximum Gasteiger partial charge on any atom is 0.337 e. The molecule has 7 heteroatoms. The van der Waals surface area contributed by atoms with E-state index < -0.39 is 11.9 Å². The summed E-state index contributed by atoms with van der Waals surface area (Å²) in [5.41, 5.74) is -0.0601. The zero-order chi connectivity index (χ0) is 13.8. The molecule has 0 unspecified atom stereocenters. The Kier molecular flexibility index (Phi) is 3.65. The Labute approximate surface area is 109 Å². The third kappa shape index (κ3) is 3.01. The van der Waals surface area contributed by atoms with Gasteiger partial charge >= 0.3 is 5.97 Å². The third-order valence-electron chi connectivity index (χ3n) is 2.59. The fourth-order valence-electron chi connectivity index (χ4n) is 1.68. The molecule has 0 spiro atoms. The number of anilines is 1. The second-order valence-electron chi connectivity index (χ2n) is 4.00. The molecule has 0 atom stereocenters. The molecule has 0 aromatic heterocycles. The van der Waals surface area contributed by atoms with Gasteiger partial charge in [-0.2, -0.15) is 0 Å². The van der Waals surface area contributed by atoms with Crippen molar-refractivity contribution in [3.63, 3.8) is 0 Å². The molecule has 100 valence electrons. The lowest BCUT2D eigenvalue weighted by Gasteiger charge is -2.15. The number of carbonyl (C=O) groups is 2. The lowest BCUT2D eigenvalue weighted by Crippen LogP contribution is -2.39. The smallest absolute Gasteiger partial charge is 0.337 e. The fraction of sp³-hybridized carbons (Fsp3) is 0.250. The molecule has 0 fully saturated rings. The summed E-state index contributed by atoms with van der Waals surface area (Å²) in [6.07, 6.45) is 0.858. The monoisotopic (exact) mass is 263 g/mol. The Morgan fingerprint density at radius 1 is 1.37 bits per heavy atom. The zero-order valence-electron chi connectivity index (χ0n) is 10.0. The van der Waals surface area contributed by atoms with E-state index in [1.54, 1.807) is 0 Å². The first kappa shape index (κ1) is 12.9. The normalized spacial score (nSPS) is 14.2. The maximum atomic E-state index is 11.9. The van der Waals surface area contributed by atoms with Gasteiger partial charge < -0.3 is 20.8 Å². The molecule has 1 aliphatic rings. The molecule has 0 bridgehead atoms. The Morgan fingerprint density at radius 3 is 2.79 bits per heavy atom. The van der Waals surface area contributed by atoms with Gasteiger partial charge in [0.1, 0.15) is 5.75 Å². The number of nitrogens with zero attached hydrogens (tertiary/aromatic N) is 1. The average Bonchev–Trinajstić information content (AvgIpc) is 2.41. The number of aliphatic imine (C=N–C) groups is 1. The minimum absolute atomic E-state index is 0.116. The number of carboxylic acids is 1. The SMILES string of the molecule is O=C(Nc1ccc(O)cc1C(=O)O)C1=NCCCN1. The number of carbonyl (C=O) groups excluding carboxylic acids is 1. The van der Waals surface area contributed by atoms with Crippen LogP contribution in [0.25, 0.3) is 0 Å². The molecule has 2 rings (SSSR count). The van der Waals surface area contributed by atoms with Crippen LogP contribution in [-0.2, 0) is 4.79 Å². The van der Waals surface area contributed by atoms with Crippen LogP contribution in [0.2, 0.25) is 0 Å². The van der Waals surface area contributed by atoms with Gasteiger partial charge in [0.2, 0.25) is 0 Å². The molecule has 0 saturated carbocycles. The summed E-state index contributed by atoms with van der Waals surface area (Å²) in [6.45, 7) is 1.23. The predicted octanol–water partition coefficient (Wildman–Crippen LogP) is 0.421. The van der Waals surface area contributed by atoms with E-state index >= 15 is 0 Å². The van der Waals surface area contributed by atoms with E-state index in [1.807, 2.05) is 0 Å². The van der Waals surface area contributed by atoms with Gasteiger partial charge in [-0.05, 0) is 24.6 Å². The van der Waals surface area contributed by atoms with E-state index in [1.165, 1.54) is 12.1 Å². The van der Waals surface area contributed by atoms with Crippen LogP contribution in [0.4, 0.5) is 5.69 Å². The summed E-state index contributed by atoms with van der Waals surface area (Å²) < 4.78 is 0. The predicted molar refractivity (Wildman–Crippen MR) is 68.6 cm³/mol. The lowest BCUT2D eigenvalue weighted by atomic mass is 10.1. The van der Waals surface area contributed by atoms with Gasteiger partial charge in [0, 0.05) is 13.1 Å². The highest BCUT2D eigenvalue weighted by Gasteiger charge is 2.17. The van der Waals surface area contributed by atoms with Crippen LogP contribution in [0, 0.1) is 0 Å². The van der Waals surface area contributed by atoms with Gasteiger partial charge in [-0.3, -0.25) is 9.79 Å². The van der Waals surface area contributed by atoms with Crippen molar-refractivity contribution in [1.82, 2.24) is 5.32 Å². The first-order valence-electron chi connectivity index (χ1n) is 5.74. The summed E-state index contributed by atoms with van der Waals surface area (Å²) in [6, 6.07) is 3.71. The number of phenolic OH excluding ortho intramolecular Hbond substituents is 1. The van der Waals surface area contributed by atoms with Gasteiger partial charge in [-0.15, -0.1) is 0 Å². The number of amidine groups is 1. The highest BCUT2D eigenvalue weighted by Crippen LogP contribution is 2.21. The Balaban J connectivity index is 2.21. The number of aromatic carboxylic acids is 1. The molecule has 7 nitrogen and oxygen atoms in total. The van der Waals surface area contributed by atoms with Crippen LogP contribution in [-0.4, -0.2) is 41.0 Å². The van der Waals surface area contributed by atoms with E-state index in [4.69, 9.17) is 5.11 Å². The van der Waals surface area contributed by atoms with E-state index in [0.717, 1.165) is 12.5 Å². The maximum absolute atomic E-state index is 11.9. The van der Waals surface area contributed by atoms with Crippen molar-refractivity contribution >= 4 is 23.4 Å². The topological polar surface area (TPSA) is 111 Å². The highest BCUT2D eigenvalue weighted by molar-refractivity contribution is 6.42. The molecule has 0 saturated heterocycles. The fourth-order valence-corrected chi connectivity index (χ4v) is 1.68. The summed E-state index contributed by atoms with van der Waals surface area (Å²) >= 11 is 0. The summed E-state index contributed by atoms with van der Waals surface area (Å²) in [4.78, 5) is 26.9. The number of amides is 1. The lowest BCUT2D eigenvalue weighted by molar-refractivity contribution is -0.110. The minimum Gasteiger partial charge on any atom is -0.508 e. The molecule has 0 radical (unpaired) electrons. The quantitative estimate of drug-likeness (QED) is 0.591. The molecule has 1 heterocycles. The van der Waals surface area contributed by atoms with Gasteiger partial charge in [0.05, 0.1) is 11.3 Å². The molecular formula is C12H13N3O4. The van der Waals surface area contributed by atoms with Crippen LogP contribution in [0.15, 0.2) is 23.2 Å². The first-order chi connectivity index (χ1) is 9.08. The van der Waals surface area contributed by atoms with E-state index in [9.17, 15) is 14.7 Å². The van der Waals surface area contributed by atoms with Gasteiger partial charge in [0.15, 0.2) is 5.84 Å². The van der Waals surface area contributed by atoms with Crippen molar-refractivity contribution in [2.75, 3.05) is 18.4 Å². The van der Waals surface area contributed by atoms with E-state index in [-0.39, 0.29) is 22.8 Å². The van der Waals surface area contributed by atoms with Crippen LogP contribution in [0.1, 0.15) is 16.8 Å². The highest BCUT2D eigenvalue weighted by atomic mass is 16.4. The first-order valence-corrected chi connectivity index (χ1v) is 5.74. The number of hydrogen-bond donors (Lipinski definition) is 4. The van der Waals surface area contributed by atoms with Crippen molar-refractivity contribution in [3.05, 3.63) is 23.8 Å². The minimum atomic E-state index is -1.23.